The number of nitrogens with zero attached hydrogens (tertiary/aromatic N) is 3. The zero-order chi connectivity index (χ0) is 11.5. The first-order chi connectivity index (χ1) is 7.74. The number of fused-ring (bicyclic) bond motifs is 1. The molecule has 0 bridgehead atoms. The molecule has 1 aromatic rings. The number of hydrogen-bond acceptors (Lipinski definition) is 4. The molecule has 0 aromatic carbocycles. The molecule has 1 N–H and O–H groups in total. The first-order valence-electron chi connectivity index (χ1n) is 6.00. The molecule has 0 saturated carbocycles. The van der Waals surface area contributed by atoms with Crippen molar-refractivity contribution in [3.05, 3.63) is 17.6 Å². The highest BCUT2D eigenvalue weighted by atomic mass is 15.2. The zero-order valence-electron chi connectivity index (χ0n) is 10.3. The van der Waals surface area contributed by atoms with Crippen LogP contribution in [0.25, 0.3) is 0 Å². The molecule has 0 aliphatic carbocycles. The van der Waals surface area contributed by atoms with Gasteiger partial charge in [-0.2, -0.15) is 0 Å². The van der Waals surface area contributed by atoms with Crippen molar-refractivity contribution in [1.82, 2.24) is 15.3 Å². The van der Waals surface area contributed by atoms with Crippen LogP contribution in [0.2, 0.25) is 0 Å². The van der Waals surface area contributed by atoms with Gasteiger partial charge < -0.3 is 10.2 Å². The Kier molecular flexibility index (Phi) is 3.39. The summed E-state index contributed by atoms with van der Waals surface area (Å²) in [6.07, 6.45) is 3.83. The van der Waals surface area contributed by atoms with Crippen molar-refractivity contribution in [1.29, 1.82) is 0 Å². The predicted octanol–water partition coefficient (Wildman–Crippen LogP) is 1.36. The van der Waals surface area contributed by atoms with Crippen LogP contribution in [0.5, 0.6) is 0 Å². The summed E-state index contributed by atoms with van der Waals surface area (Å²) < 4.78 is 0. The standard InChI is InChI=1S/C12H20N4/c1-4-9(2)16(3)12-10-7-13-6-5-11(10)14-8-15-12/h8-9,13H,4-7H2,1-3H3. The Morgan fingerprint density at radius 2 is 2.31 bits per heavy atom. The van der Waals surface area contributed by atoms with Gasteiger partial charge in [-0.15, -0.1) is 0 Å². The second-order valence-corrected chi connectivity index (χ2v) is 4.42. The lowest BCUT2D eigenvalue weighted by Gasteiger charge is -2.29. The summed E-state index contributed by atoms with van der Waals surface area (Å²) in [6, 6.07) is 0.515. The molecular formula is C12H20N4. The Balaban J connectivity index is 2.33. The fourth-order valence-corrected chi connectivity index (χ4v) is 2.04. The molecule has 1 aromatic heterocycles. The van der Waals surface area contributed by atoms with E-state index in [4.69, 9.17) is 0 Å². The molecule has 0 spiro atoms. The molecule has 0 radical (unpaired) electrons. The molecule has 2 rings (SSSR count). The predicted molar refractivity (Wildman–Crippen MR) is 65.6 cm³/mol. The van der Waals surface area contributed by atoms with Gasteiger partial charge in [0, 0.05) is 38.2 Å². The molecule has 4 nitrogen and oxygen atoms in total. The van der Waals surface area contributed by atoms with Crippen molar-refractivity contribution in [3.8, 4) is 0 Å². The second kappa shape index (κ2) is 4.78. The van der Waals surface area contributed by atoms with Crippen molar-refractivity contribution in [2.45, 2.75) is 39.3 Å². The van der Waals surface area contributed by atoms with Crippen LogP contribution in [0.4, 0.5) is 5.82 Å². The number of nitrogens with one attached hydrogen (secondary N) is 1. The third-order valence-corrected chi connectivity index (χ3v) is 3.44. The third kappa shape index (κ3) is 2.02. The molecule has 2 heterocycles. The van der Waals surface area contributed by atoms with Crippen molar-refractivity contribution in [2.24, 2.45) is 0 Å². The maximum absolute atomic E-state index is 4.44. The Morgan fingerprint density at radius 1 is 1.50 bits per heavy atom. The lowest BCUT2D eigenvalue weighted by atomic mass is 10.1. The van der Waals surface area contributed by atoms with Gasteiger partial charge in [0.1, 0.15) is 12.1 Å². The maximum atomic E-state index is 4.44. The lowest BCUT2D eigenvalue weighted by molar-refractivity contribution is 0.607. The average molecular weight is 220 g/mol. The molecule has 16 heavy (non-hydrogen) atoms. The number of rotatable bonds is 3. The van der Waals surface area contributed by atoms with Crippen LogP contribution >= 0.6 is 0 Å². The zero-order valence-corrected chi connectivity index (χ0v) is 10.3. The number of anilines is 1. The van der Waals surface area contributed by atoms with Crippen LogP contribution in [0.1, 0.15) is 31.5 Å². The van der Waals surface area contributed by atoms with Gasteiger partial charge in [-0.05, 0) is 13.3 Å². The second-order valence-electron chi connectivity index (χ2n) is 4.42. The Labute approximate surface area is 97.1 Å². The van der Waals surface area contributed by atoms with E-state index in [1.807, 2.05) is 0 Å². The SMILES string of the molecule is CCC(C)N(C)c1ncnc2c1CNCC2. The van der Waals surface area contributed by atoms with Crippen molar-refractivity contribution >= 4 is 5.82 Å². The molecule has 0 amide bonds. The Hall–Kier alpha value is -1.16. The molecule has 1 aliphatic heterocycles. The number of aromatic nitrogens is 2. The van der Waals surface area contributed by atoms with Crippen LogP contribution in [-0.4, -0.2) is 29.6 Å². The fourth-order valence-electron chi connectivity index (χ4n) is 2.04. The normalized spacial score (nSPS) is 16.7. The first kappa shape index (κ1) is 11.3. The molecule has 1 aliphatic rings. The summed E-state index contributed by atoms with van der Waals surface area (Å²) in [5.74, 6) is 1.09. The van der Waals surface area contributed by atoms with Crippen LogP contribution in [0.3, 0.4) is 0 Å². The monoisotopic (exact) mass is 220 g/mol. The third-order valence-electron chi connectivity index (χ3n) is 3.44. The van der Waals surface area contributed by atoms with Gasteiger partial charge in [-0.25, -0.2) is 9.97 Å². The Bertz CT molecular complexity index is 364. The van der Waals surface area contributed by atoms with Gasteiger partial charge >= 0.3 is 0 Å². The number of hydrogen-bond donors (Lipinski definition) is 1. The summed E-state index contributed by atoms with van der Waals surface area (Å²) in [7, 11) is 2.12. The van der Waals surface area contributed by atoms with Gasteiger partial charge in [0.2, 0.25) is 0 Å². The van der Waals surface area contributed by atoms with E-state index in [1.54, 1.807) is 6.33 Å². The van der Waals surface area contributed by atoms with Crippen LogP contribution in [-0.2, 0) is 13.0 Å². The quantitative estimate of drug-likeness (QED) is 0.835. The Morgan fingerprint density at radius 3 is 3.06 bits per heavy atom. The topological polar surface area (TPSA) is 41.1 Å². The largest absolute Gasteiger partial charge is 0.357 e. The first-order valence-corrected chi connectivity index (χ1v) is 6.00. The maximum Gasteiger partial charge on any atom is 0.136 e. The summed E-state index contributed by atoms with van der Waals surface area (Å²) in [4.78, 5) is 11.1. The van der Waals surface area contributed by atoms with Gasteiger partial charge in [0.15, 0.2) is 0 Å². The average Bonchev–Trinajstić information content (AvgIpc) is 2.36. The highest BCUT2D eigenvalue weighted by Gasteiger charge is 2.19. The summed E-state index contributed by atoms with van der Waals surface area (Å²) in [5.41, 5.74) is 2.48. The smallest absolute Gasteiger partial charge is 0.136 e. The minimum Gasteiger partial charge on any atom is -0.357 e. The lowest BCUT2D eigenvalue weighted by Crippen LogP contribution is -2.33. The van der Waals surface area contributed by atoms with Crippen molar-refractivity contribution in [2.75, 3.05) is 18.5 Å². The summed E-state index contributed by atoms with van der Waals surface area (Å²) >= 11 is 0. The minimum atomic E-state index is 0.515. The molecule has 0 saturated heterocycles. The highest BCUT2D eigenvalue weighted by Crippen LogP contribution is 2.23. The van der Waals surface area contributed by atoms with E-state index >= 15 is 0 Å². The molecule has 0 fully saturated rings. The van der Waals surface area contributed by atoms with E-state index in [0.717, 1.165) is 31.7 Å². The van der Waals surface area contributed by atoms with E-state index < -0.39 is 0 Å². The van der Waals surface area contributed by atoms with Gasteiger partial charge in [0.25, 0.3) is 0 Å². The molecule has 1 atom stereocenters. The molecular weight excluding hydrogens is 200 g/mol. The summed E-state index contributed by atoms with van der Waals surface area (Å²) in [6.45, 7) is 6.35. The van der Waals surface area contributed by atoms with Gasteiger partial charge in [-0.1, -0.05) is 6.92 Å². The van der Waals surface area contributed by atoms with Crippen LogP contribution in [0, 0.1) is 0 Å². The van der Waals surface area contributed by atoms with E-state index in [2.05, 4.69) is 41.1 Å². The highest BCUT2D eigenvalue weighted by molar-refractivity contribution is 5.49. The molecule has 88 valence electrons. The van der Waals surface area contributed by atoms with E-state index in [0.29, 0.717) is 6.04 Å². The van der Waals surface area contributed by atoms with E-state index in [1.165, 1.54) is 11.3 Å². The van der Waals surface area contributed by atoms with E-state index in [-0.39, 0.29) is 0 Å². The minimum absolute atomic E-state index is 0.515. The fraction of sp³-hybridized carbons (Fsp3) is 0.667. The van der Waals surface area contributed by atoms with Crippen molar-refractivity contribution < 1.29 is 0 Å². The van der Waals surface area contributed by atoms with Gasteiger partial charge in [-0.3, -0.25) is 0 Å². The molecule has 1 unspecified atom stereocenters. The van der Waals surface area contributed by atoms with E-state index in [9.17, 15) is 0 Å². The molecule has 4 heteroatoms. The van der Waals surface area contributed by atoms with Crippen LogP contribution in [0.15, 0.2) is 6.33 Å². The van der Waals surface area contributed by atoms with Gasteiger partial charge in [0.05, 0.1) is 5.69 Å². The van der Waals surface area contributed by atoms with Crippen molar-refractivity contribution in [3.63, 3.8) is 0 Å². The van der Waals surface area contributed by atoms with Crippen LogP contribution < -0.4 is 10.2 Å². The summed E-state index contributed by atoms with van der Waals surface area (Å²) in [5, 5.41) is 3.39.